The van der Waals surface area contributed by atoms with E-state index in [1.165, 1.54) is 11.1 Å². The number of nitrogens with zero attached hydrogens (tertiary/aromatic N) is 3. The molecule has 0 unspecified atom stereocenters. The fourth-order valence-corrected chi connectivity index (χ4v) is 4.55. The Labute approximate surface area is 200 Å². The van der Waals surface area contributed by atoms with Gasteiger partial charge in [0.05, 0.1) is 12.0 Å². The van der Waals surface area contributed by atoms with Gasteiger partial charge in [-0.1, -0.05) is 49.3 Å². The molecule has 7 nitrogen and oxygen atoms in total. The van der Waals surface area contributed by atoms with Crippen LogP contribution in [0.3, 0.4) is 0 Å². The highest BCUT2D eigenvalue weighted by atomic mass is 16.5. The third-order valence-corrected chi connectivity index (χ3v) is 6.83. The molecule has 0 saturated carbocycles. The van der Waals surface area contributed by atoms with E-state index in [0.717, 1.165) is 29.7 Å². The van der Waals surface area contributed by atoms with Crippen LogP contribution in [0.5, 0.6) is 0 Å². The molecule has 0 spiro atoms. The van der Waals surface area contributed by atoms with Crippen molar-refractivity contribution in [2.75, 3.05) is 19.7 Å². The van der Waals surface area contributed by atoms with E-state index in [-0.39, 0.29) is 6.61 Å². The van der Waals surface area contributed by atoms with E-state index in [0.29, 0.717) is 43.6 Å². The number of aromatic nitrogens is 2. The van der Waals surface area contributed by atoms with Crippen molar-refractivity contribution in [3.63, 3.8) is 0 Å². The van der Waals surface area contributed by atoms with Gasteiger partial charge in [-0.15, -0.1) is 0 Å². The van der Waals surface area contributed by atoms with Gasteiger partial charge in [0, 0.05) is 17.7 Å². The van der Waals surface area contributed by atoms with Crippen LogP contribution in [-0.4, -0.2) is 50.9 Å². The number of hydrogen-bond donors (Lipinski definition) is 2. The summed E-state index contributed by atoms with van der Waals surface area (Å²) in [5, 5.41) is 23.2. The number of carboxylic acid groups (broad SMARTS) is 1. The van der Waals surface area contributed by atoms with Crippen molar-refractivity contribution in [3.8, 4) is 22.8 Å². The van der Waals surface area contributed by atoms with E-state index < -0.39 is 11.4 Å². The summed E-state index contributed by atoms with van der Waals surface area (Å²) in [5.74, 6) is 0.770. The molecule has 4 rings (SSSR count). The van der Waals surface area contributed by atoms with Crippen LogP contribution in [0.1, 0.15) is 43.4 Å². The summed E-state index contributed by atoms with van der Waals surface area (Å²) in [4.78, 5) is 18.3. The topological polar surface area (TPSA) is 99.7 Å². The lowest BCUT2D eigenvalue weighted by atomic mass is 9.79. The van der Waals surface area contributed by atoms with E-state index in [2.05, 4.69) is 47.9 Å². The van der Waals surface area contributed by atoms with Gasteiger partial charge in [0.15, 0.2) is 0 Å². The number of hydrogen-bond acceptors (Lipinski definition) is 6. The Hall–Kier alpha value is -3.03. The van der Waals surface area contributed by atoms with Gasteiger partial charge in [-0.25, -0.2) is 0 Å². The molecule has 3 aromatic rings. The molecule has 2 N–H and O–H groups in total. The maximum absolute atomic E-state index is 11.5. The first-order valence-corrected chi connectivity index (χ1v) is 11.9. The Morgan fingerprint density at radius 3 is 2.38 bits per heavy atom. The lowest BCUT2D eigenvalue weighted by Crippen LogP contribution is -2.46. The van der Waals surface area contributed by atoms with Gasteiger partial charge in [0.25, 0.3) is 5.89 Å². The molecular weight excluding hydrogens is 430 g/mol. The lowest BCUT2D eigenvalue weighted by Gasteiger charge is -2.37. The van der Waals surface area contributed by atoms with Crippen LogP contribution in [0.15, 0.2) is 47.0 Å². The monoisotopic (exact) mass is 463 g/mol. The average Bonchev–Trinajstić information content (AvgIpc) is 3.31. The first kappa shape index (κ1) is 24.1. The normalized spacial score (nSPS) is 16.1. The molecule has 34 heavy (non-hydrogen) atoms. The van der Waals surface area contributed by atoms with Gasteiger partial charge in [0.2, 0.25) is 5.82 Å². The summed E-state index contributed by atoms with van der Waals surface area (Å²) in [6.07, 6.45) is 1.97. The van der Waals surface area contributed by atoms with E-state index >= 15 is 0 Å². The second-order valence-corrected chi connectivity index (χ2v) is 9.88. The third-order valence-electron chi connectivity index (χ3n) is 6.83. The first-order chi connectivity index (χ1) is 16.3. The van der Waals surface area contributed by atoms with Crippen LogP contribution in [0, 0.1) is 18.3 Å². The summed E-state index contributed by atoms with van der Waals surface area (Å²) in [6.45, 7) is 8.29. The molecule has 2 aromatic carbocycles. The Morgan fingerprint density at radius 2 is 1.79 bits per heavy atom. The van der Waals surface area contributed by atoms with Gasteiger partial charge in [-0.05, 0) is 74.0 Å². The van der Waals surface area contributed by atoms with Gasteiger partial charge >= 0.3 is 5.97 Å². The molecule has 1 aliphatic heterocycles. The molecule has 0 radical (unpaired) electrons. The highest BCUT2D eigenvalue weighted by Gasteiger charge is 2.40. The van der Waals surface area contributed by atoms with Crippen molar-refractivity contribution in [1.82, 2.24) is 15.0 Å². The minimum Gasteiger partial charge on any atom is -0.481 e. The second kappa shape index (κ2) is 10.1. The number of piperidine rings is 1. The van der Waals surface area contributed by atoms with Crippen LogP contribution in [0.25, 0.3) is 22.8 Å². The standard InChI is InChI=1S/C27H33N3O4/c1-18(2)14-22-8-9-23(15-19(22)3)25-28-24(29-34-25)21-6-4-20(5-7-21)16-30-12-10-27(17-31,11-13-30)26(32)33/h4-9,15,18,31H,10-14,16-17H2,1-3H3,(H,32,33). The van der Waals surface area contributed by atoms with Crippen LogP contribution >= 0.6 is 0 Å². The molecular formula is C27H33N3O4. The molecule has 2 heterocycles. The number of carbonyl (C=O) groups is 1. The van der Waals surface area contributed by atoms with Crippen LogP contribution in [0.4, 0.5) is 0 Å². The van der Waals surface area contributed by atoms with Crippen molar-refractivity contribution in [1.29, 1.82) is 0 Å². The largest absolute Gasteiger partial charge is 0.481 e. The predicted octanol–water partition coefficient (Wildman–Crippen LogP) is 4.57. The second-order valence-electron chi connectivity index (χ2n) is 9.88. The van der Waals surface area contributed by atoms with Crippen LogP contribution < -0.4 is 0 Å². The van der Waals surface area contributed by atoms with Crippen molar-refractivity contribution in [2.24, 2.45) is 11.3 Å². The fraction of sp³-hybridized carbons (Fsp3) is 0.444. The molecule has 1 aromatic heterocycles. The van der Waals surface area contributed by atoms with Crippen molar-refractivity contribution < 1.29 is 19.5 Å². The Morgan fingerprint density at radius 1 is 1.12 bits per heavy atom. The fourth-order valence-electron chi connectivity index (χ4n) is 4.55. The number of benzene rings is 2. The summed E-state index contributed by atoms with van der Waals surface area (Å²) in [6, 6.07) is 14.3. The molecule has 1 fully saturated rings. The van der Waals surface area contributed by atoms with E-state index in [4.69, 9.17) is 4.52 Å². The molecule has 0 aliphatic carbocycles. The van der Waals surface area contributed by atoms with E-state index in [1.54, 1.807) is 0 Å². The third kappa shape index (κ3) is 5.21. The highest BCUT2D eigenvalue weighted by molar-refractivity contribution is 5.75. The van der Waals surface area contributed by atoms with Gasteiger partial charge in [-0.3, -0.25) is 9.69 Å². The summed E-state index contributed by atoms with van der Waals surface area (Å²) in [7, 11) is 0. The lowest BCUT2D eigenvalue weighted by molar-refractivity contribution is -0.155. The number of aliphatic carboxylic acids is 1. The molecule has 7 heteroatoms. The highest BCUT2D eigenvalue weighted by Crippen LogP contribution is 2.32. The van der Waals surface area contributed by atoms with Crippen molar-refractivity contribution in [3.05, 3.63) is 59.2 Å². The van der Waals surface area contributed by atoms with Crippen molar-refractivity contribution in [2.45, 2.75) is 46.6 Å². The first-order valence-electron chi connectivity index (χ1n) is 11.9. The van der Waals surface area contributed by atoms with Crippen LogP contribution in [0.2, 0.25) is 0 Å². The molecule has 0 bridgehead atoms. The number of aryl methyl sites for hydroxylation is 1. The summed E-state index contributed by atoms with van der Waals surface area (Å²) < 4.78 is 5.54. The Kier molecular flexibility index (Phi) is 7.14. The number of aliphatic hydroxyl groups is 1. The average molecular weight is 464 g/mol. The minimum absolute atomic E-state index is 0.306. The van der Waals surface area contributed by atoms with Crippen LogP contribution in [-0.2, 0) is 17.8 Å². The zero-order valence-electron chi connectivity index (χ0n) is 20.1. The number of likely N-dealkylation sites (tertiary alicyclic amines) is 1. The maximum atomic E-state index is 11.5. The molecule has 1 saturated heterocycles. The SMILES string of the molecule is Cc1cc(-c2nc(-c3ccc(CN4CCC(CO)(C(=O)O)CC4)cc3)no2)ccc1CC(C)C. The molecule has 1 aliphatic rings. The Bertz CT molecular complexity index is 1130. The number of rotatable bonds is 8. The van der Waals surface area contributed by atoms with E-state index in [1.807, 2.05) is 30.3 Å². The molecule has 180 valence electrons. The summed E-state index contributed by atoms with van der Waals surface area (Å²) in [5.41, 5.74) is 4.52. The zero-order valence-corrected chi connectivity index (χ0v) is 20.1. The zero-order chi connectivity index (χ0) is 24.3. The quantitative estimate of drug-likeness (QED) is 0.505. The van der Waals surface area contributed by atoms with Gasteiger partial charge in [-0.2, -0.15) is 4.98 Å². The summed E-state index contributed by atoms with van der Waals surface area (Å²) >= 11 is 0. The van der Waals surface area contributed by atoms with Gasteiger partial charge < -0.3 is 14.7 Å². The minimum atomic E-state index is -0.996. The molecule has 0 atom stereocenters. The maximum Gasteiger partial charge on any atom is 0.312 e. The van der Waals surface area contributed by atoms with E-state index in [9.17, 15) is 15.0 Å². The van der Waals surface area contributed by atoms with Gasteiger partial charge in [0.1, 0.15) is 0 Å². The molecule has 0 amide bonds. The number of aliphatic hydroxyl groups excluding tert-OH is 1. The predicted molar refractivity (Wildman–Crippen MR) is 130 cm³/mol. The Balaban J connectivity index is 1.40. The number of carboxylic acids is 1. The smallest absolute Gasteiger partial charge is 0.312 e. The van der Waals surface area contributed by atoms with Crippen molar-refractivity contribution >= 4 is 5.97 Å².